The Morgan fingerprint density at radius 1 is 1.21 bits per heavy atom. The molecule has 0 bridgehead atoms. The van der Waals surface area contributed by atoms with E-state index in [1.165, 1.54) is 0 Å². The fourth-order valence-electron chi connectivity index (χ4n) is 3.41. The molecular weight excluding hydrogens is 257 g/mol. The number of nitrogens with two attached hydrogens (primary N) is 1. The summed E-state index contributed by atoms with van der Waals surface area (Å²) >= 11 is 0. The molecule has 0 aromatic rings. The van der Waals surface area contributed by atoms with Gasteiger partial charge < -0.3 is 15.7 Å². The Morgan fingerprint density at radius 2 is 1.84 bits per heavy atom. The number of alkyl halides is 3. The van der Waals surface area contributed by atoms with Gasteiger partial charge in [0.1, 0.15) is 0 Å². The summed E-state index contributed by atoms with van der Waals surface area (Å²) in [6.07, 6.45) is -0.246. The largest absolute Gasteiger partial charge is 0.394 e. The topological polar surface area (TPSA) is 49.5 Å². The Bertz CT molecular complexity index is 303. The maximum absolute atomic E-state index is 12.6. The first-order valence-electron chi connectivity index (χ1n) is 7.04. The Hall–Kier alpha value is -0.330. The average molecular weight is 280 g/mol. The lowest BCUT2D eigenvalue weighted by molar-refractivity contribution is -0.186. The molecular formula is C13H23F3N2O. The zero-order valence-electron chi connectivity index (χ0n) is 11.1. The van der Waals surface area contributed by atoms with E-state index >= 15 is 0 Å². The van der Waals surface area contributed by atoms with E-state index in [1.807, 2.05) is 0 Å². The minimum absolute atomic E-state index is 0.0392. The first kappa shape index (κ1) is 15.1. The van der Waals surface area contributed by atoms with Gasteiger partial charge in [-0.15, -0.1) is 0 Å². The van der Waals surface area contributed by atoms with E-state index in [0.29, 0.717) is 19.5 Å². The maximum atomic E-state index is 12.6. The van der Waals surface area contributed by atoms with Crippen LogP contribution in [0.2, 0.25) is 0 Å². The minimum Gasteiger partial charge on any atom is -0.394 e. The first-order chi connectivity index (χ1) is 8.84. The number of hydrogen-bond donors (Lipinski definition) is 2. The second-order valence-electron chi connectivity index (χ2n) is 6.12. The standard InChI is InChI=1S/C13H23F3N2O/c14-13(15,16)10-3-6-18(7-4-10)11-2-1-5-12(17,8-11)9-19/h10-11,19H,1-9,17H2. The van der Waals surface area contributed by atoms with Gasteiger partial charge >= 0.3 is 6.18 Å². The predicted octanol–water partition coefficient (Wildman–Crippen LogP) is 1.89. The zero-order valence-corrected chi connectivity index (χ0v) is 11.1. The van der Waals surface area contributed by atoms with Crippen molar-refractivity contribution in [2.24, 2.45) is 11.7 Å². The van der Waals surface area contributed by atoms with Crippen LogP contribution in [-0.2, 0) is 0 Å². The number of halogens is 3. The Labute approximate surface area is 111 Å². The van der Waals surface area contributed by atoms with Gasteiger partial charge in [0.15, 0.2) is 0 Å². The van der Waals surface area contributed by atoms with E-state index in [9.17, 15) is 18.3 Å². The van der Waals surface area contributed by atoms with Crippen molar-refractivity contribution in [2.45, 2.75) is 56.3 Å². The Morgan fingerprint density at radius 3 is 2.37 bits per heavy atom. The molecule has 3 nitrogen and oxygen atoms in total. The van der Waals surface area contributed by atoms with Crippen LogP contribution in [0.25, 0.3) is 0 Å². The summed E-state index contributed by atoms with van der Waals surface area (Å²) in [5.74, 6) is -1.15. The molecule has 1 heterocycles. The molecule has 0 aromatic carbocycles. The molecule has 6 heteroatoms. The number of nitrogens with zero attached hydrogens (tertiary/aromatic N) is 1. The second kappa shape index (κ2) is 5.58. The summed E-state index contributed by atoms with van der Waals surface area (Å²) in [5.41, 5.74) is 5.56. The molecule has 0 aromatic heterocycles. The number of hydrogen-bond acceptors (Lipinski definition) is 3. The summed E-state index contributed by atoms with van der Waals surface area (Å²) in [6, 6.07) is 0.236. The van der Waals surface area contributed by atoms with Crippen molar-refractivity contribution in [3.63, 3.8) is 0 Å². The molecule has 1 saturated carbocycles. The molecule has 3 N–H and O–H groups in total. The molecule has 2 unspecified atom stereocenters. The van der Waals surface area contributed by atoms with Gasteiger partial charge in [0.05, 0.1) is 12.5 Å². The SMILES string of the molecule is NC1(CO)CCCC(N2CCC(C(F)(F)F)CC2)C1. The lowest BCUT2D eigenvalue weighted by Gasteiger charge is -2.44. The smallest absolute Gasteiger partial charge is 0.391 e. The van der Waals surface area contributed by atoms with Gasteiger partial charge in [0, 0.05) is 11.6 Å². The lowest BCUT2D eigenvalue weighted by Crippen LogP contribution is -2.54. The van der Waals surface area contributed by atoms with Crippen LogP contribution in [0, 0.1) is 5.92 Å². The first-order valence-corrected chi connectivity index (χ1v) is 7.04. The fourth-order valence-corrected chi connectivity index (χ4v) is 3.41. The molecule has 0 amide bonds. The van der Waals surface area contributed by atoms with E-state index in [2.05, 4.69) is 4.90 Å². The van der Waals surface area contributed by atoms with Gasteiger partial charge in [-0.3, -0.25) is 0 Å². The molecule has 1 aliphatic heterocycles. The Balaban J connectivity index is 1.88. The van der Waals surface area contributed by atoms with Crippen molar-refractivity contribution < 1.29 is 18.3 Å². The zero-order chi connectivity index (χ0) is 14.1. The predicted molar refractivity (Wildman–Crippen MR) is 66.6 cm³/mol. The summed E-state index contributed by atoms with van der Waals surface area (Å²) in [5, 5.41) is 9.32. The molecule has 1 aliphatic carbocycles. The Kier molecular flexibility index (Phi) is 4.42. The highest BCUT2D eigenvalue weighted by molar-refractivity contribution is 4.95. The monoisotopic (exact) mass is 280 g/mol. The highest BCUT2D eigenvalue weighted by atomic mass is 19.4. The summed E-state index contributed by atoms with van der Waals surface area (Å²) in [4.78, 5) is 2.14. The van der Waals surface area contributed by atoms with Crippen LogP contribution in [0.4, 0.5) is 13.2 Å². The maximum Gasteiger partial charge on any atom is 0.391 e. The summed E-state index contributed by atoms with van der Waals surface area (Å²) in [7, 11) is 0. The molecule has 0 spiro atoms. The lowest BCUT2D eigenvalue weighted by atomic mass is 9.79. The van der Waals surface area contributed by atoms with Gasteiger partial charge in [-0.25, -0.2) is 0 Å². The van der Waals surface area contributed by atoms with Crippen LogP contribution in [0.15, 0.2) is 0 Å². The average Bonchev–Trinajstić information content (AvgIpc) is 2.38. The summed E-state index contributed by atoms with van der Waals surface area (Å²) < 4.78 is 37.9. The van der Waals surface area contributed by atoms with E-state index in [1.54, 1.807) is 0 Å². The van der Waals surface area contributed by atoms with Crippen LogP contribution >= 0.6 is 0 Å². The summed E-state index contributed by atoms with van der Waals surface area (Å²) in [6.45, 7) is 0.954. The van der Waals surface area contributed by atoms with Gasteiger partial charge in [0.25, 0.3) is 0 Å². The van der Waals surface area contributed by atoms with Crippen molar-refractivity contribution in [3.05, 3.63) is 0 Å². The number of piperidine rings is 1. The highest BCUT2D eigenvalue weighted by Crippen LogP contribution is 2.37. The molecule has 2 atom stereocenters. The van der Waals surface area contributed by atoms with Crippen LogP contribution < -0.4 is 5.73 Å². The van der Waals surface area contributed by atoms with Gasteiger partial charge in [-0.2, -0.15) is 13.2 Å². The van der Waals surface area contributed by atoms with Crippen molar-refractivity contribution in [2.75, 3.05) is 19.7 Å². The van der Waals surface area contributed by atoms with Crippen molar-refractivity contribution in [1.29, 1.82) is 0 Å². The third-order valence-corrected chi connectivity index (χ3v) is 4.68. The highest BCUT2D eigenvalue weighted by Gasteiger charge is 2.43. The van der Waals surface area contributed by atoms with E-state index in [0.717, 1.165) is 19.3 Å². The third kappa shape index (κ3) is 3.61. The van der Waals surface area contributed by atoms with Crippen molar-refractivity contribution in [3.8, 4) is 0 Å². The third-order valence-electron chi connectivity index (χ3n) is 4.68. The molecule has 1 saturated heterocycles. The van der Waals surface area contributed by atoms with Crippen LogP contribution in [0.3, 0.4) is 0 Å². The normalized spacial score (nSPS) is 35.5. The quantitative estimate of drug-likeness (QED) is 0.812. The minimum atomic E-state index is -4.05. The van der Waals surface area contributed by atoms with Crippen molar-refractivity contribution in [1.82, 2.24) is 4.90 Å². The molecule has 2 rings (SSSR count). The molecule has 2 aliphatic rings. The molecule has 0 radical (unpaired) electrons. The van der Waals surface area contributed by atoms with Gasteiger partial charge in [0.2, 0.25) is 0 Å². The number of aliphatic hydroxyl groups excluding tert-OH is 1. The van der Waals surface area contributed by atoms with Gasteiger partial charge in [-0.05, 0) is 51.6 Å². The van der Waals surface area contributed by atoms with Crippen LogP contribution in [-0.4, -0.2) is 47.5 Å². The van der Waals surface area contributed by atoms with Crippen LogP contribution in [0.5, 0.6) is 0 Å². The van der Waals surface area contributed by atoms with E-state index in [4.69, 9.17) is 5.73 Å². The van der Waals surface area contributed by atoms with E-state index in [-0.39, 0.29) is 25.5 Å². The van der Waals surface area contributed by atoms with E-state index < -0.39 is 17.6 Å². The number of aliphatic hydroxyl groups is 1. The molecule has 2 fully saturated rings. The number of rotatable bonds is 2. The second-order valence-corrected chi connectivity index (χ2v) is 6.12. The number of likely N-dealkylation sites (tertiary alicyclic amines) is 1. The molecule has 112 valence electrons. The van der Waals surface area contributed by atoms with Gasteiger partial charge in [-0.1, -0.05) is 0 Å². The fraction of sp³-hybridized carbons (Fsp3) is 1.00. The van der Waals surface area contributed by atoms with Crippen molar-refractivity contribution >= 4 is 0 Å². The molecule has 19 heavy (non-hydrogen) atoms. The van der Waals surface area contributed by atoms with Crippen LogP contribution in [0.1, 0.15) is 38.5 Å².